The van der Waals surface area contributed by atoms with Gasteiger partial charge in [-0.2, -0.15) is 0 Å². The van der Waals surface area contributed by atoms with Gasteiger partial charge >= 0.3 is 7.82 Å². The van der Waals surface area contributed by atoms with Gasteiger partial charge in [-0.3, -0.25) is 13.8 Å². The van der Waals surface area contributed by atoms with Crippen LogP contribution in [0.25, 0.3) is 0 Å². The van der Waals surface area contributed by atoms with Gasteiger partial charge in [0.15, 0.2) is 0 Å². The average Bonchev–Trinajstić information content (AvgIpc) is 3.24. The van der Waals surface area contributed by atoms with Gasteiger partial charge in [0.1, 0.15) is 36.6 Å². The van der Waals surface area contributed by atoms with Crippen LogP contribution in [0.4, 0.5) is 0 Å². The van der Waals surface area contributed by atoms with Gasteiger partial charge in [0.2, 0.25) is 5.91 Å². The van der Waals surface area contributed by atoms with Crippen molar-refractivity contribution in [3.8, 4) is 0 Å². The number of carbonyl (C=O) groups excluding carboxylic acids is 1. The second kappa shape index (κ2) is 38.2. The average molecular weight is 908 g/mol. The maximum absolute atomic E-state index is 13.0. The van der Waals surface area contributed by atoms with Gasteiger partial charge in [-0.1, -0.05) is 193 Å². The van der Waals surface area contributed by atoms with E-state index in [1.165, 1.54) is 116 Å². The molecule has 0 aromatic rings. The molecule has 1 fully saturated rings. The third-order valence-electron chi connectivity index (χ3n) is 12.4. The van der Waals surface area contributed by atoms with Gasteiger partial charge in [-0.05, 0) is 38.5 Å². The molecule has 1 saturated carbocycles. The number of allylic oxidation sites excluding steroid dienone is 2. The Morgan fingerprint density at radius 2 is 0.903 bits per heavy atom. The van der Waals surface area contributed by atoms with E-state index in [1.54, 1.807) is 0 Å². The molecule has 8 atom stereocenters. The monoisotopic (exact) mass is 908 g/mol. The highest BCUT2D eigenvalue weighted by atomic mass is 31.2. The van der Waals surface area contributed by atoms with Crippen LogP contribution < -0.4 is 5.32 Å². The second-order valence-electron chi connectivity index (χ2n) is 18.2. The molecule has 0 aromatic carbocycles. The number of aliphatic hydroxyl groups is 7. The summed E-state index contributed by atoms with van der Waals surface area (Å²) >= 11 is 0. The Morgan fingerprint density at radius 1 is 0.548 bits per heavy atom. The minimum Gasteiger partial charge on any atom is -0.393 e. The molecular weight excluding hydrogens is 813 g/mol. The van der Waals surface area contributed by atoms with Crippen molar-refractivity contribution in [3.63, 3.8) is 0 Å². The third-order valence-corrected chi connectivity index (χ3v) is 13.4. The van der Waals surface area contributed by atoms with E-state index >= 15 is 0 Å². The molecule has 13 nitrogen and oxygen atoms in total. The molecule has 0 radical (unpaired) electrons. The van der Waals surface area contributed by atoms with E-state index in [-0.39, 0.29) is 12.8 Å². The molecule has 14 heteroatoms. The molecule has 0 saturated heterocycles. The lowest BCUT2D eigenvalue weighted by Crippen LogP contribution is -2.64. The Hall–Kier alpha value is -0.960. The van der Waals surface area contributed by atoms with Crippen molar-refractivity contribution in [1.82, 2.24) is 5.32 Å². The van der Waals surface area contributed by atoms with E-state index in [0.29, 0.717) is 12.8 Å². The Kier molecular flexibility index (Phi) is 36.4. The van der Waals surface area contributed by atoms with Crippen LogP contribution in [0.1, 0.15) is 226 Å². The molecule has 8 unspecified atom stereocenters. The van der Waals surface area contributed by atoms with Crippen molar-refractivity contribution in [3.05, 3.63) is 12.2 Å². The highest BCUT2D eigenvalue weighted by molar-refractivity contribution is 7.47. The highest BCUT2D eigenvalue weighted by Gasteiger charge is 2.51. The molecule has 0 bridgehead atoms. The molecule has 1 rings (SSSR count). The Bertz CT molecular complexity index is 1120. The van der Waals surface area contributed by atoms with E-state index in [4.69, 9.17) is 9.05 Å². The second-order valence-corrected chi connectivity index (χ2v) is 19.6. The van der Waals surface area contributed by atoms with Crippen molar-refractivity contribution < 1.29 is 59.0 Å². The summed E-state index contributed by atoms with van der Waals surface area (Å²) in [4.78, 5) is 23.5. The summed E-state index contributed by atoms with van der Waals surface area (Å²) in [6.45, 7) is 3.80. The highest BCUT2D eigenvalue weighted by Crippen LogP contribution is 2.47. The fourth-order valence-corrected chi connectivity index (χ4v) is 9.21. The first-order valence-electron chi connectivity index (χ1n) is 25.2. The molecule has 0 heterocycles. The third kappa shape index (κ3) is 29.5. The lowest BCUT2D eigenvalue weighted by Gasteiger charge is -2.41. The number of phosphoric acid groups is 1. The largest absolute Gasteiger partial charge is 0.472 e. The molecule has 368 valence electrons. The standard InChI is InChI=1S/C48H94NO12P/c1-3-5-7-9-11-13-15-17-19-20-22-23-25-27-29-31-33-35-39(50)37-42(52)49-40(38-60-62(58,59)61-48-46(56)44(54)43(53)45(55)47(48)57)41(51)36-34-32-30-28-26-24-21-18-16-14-12-10-8-6-4-2/h20,22,39-41,43-48,50-51,53-57H,3-19,21,23-38H2,1-2H3,(H,49,52)(H,58,59)/b22-20-. The fourth-order valence-electron chi connectivity index (χ4n) is 8.24. The summed E-state index contributed by atoms with van der Waals surface area (Å²) < 4.78 is 23.0. The summed E-state index contributed by atoms with van der Waals surface area (Å²) in [5.41, 5.74) is 0. The van der Waals surface area contributed by atoms with Crippen molar-refractivity contribution in [2.75, 3.05) is 6.61 Å². The van der Waals surface area contributed by atoms with Crippen LogP contribution in [0.2, 0.25) is 0 Å². The molecular formula is C48H94NO12P. The molecule has 1 aliphatic rings. The summed E-state index contributed by atoms with van der Waals surface area (Å²) in [6, 6.07) is -1.15. The van der Waals surface area contributed by atoms with Crippen LogP contribution in [0.3, 0.4) is 0 Å². The number of aliphatic hydroxyl groups excluding tert-OH is 7. The molecule has 0 aliphatic heterocycles. The number of phosphoric ester groups is 1. The van der Waals surface area contributed by atoms with Gasteiger partial charge in [-0.15, -0.1) is 0 Å². The van der Waals surface area contributed by atoms with Gasteiger partial charge in [0.05, 0.1) is 31.3 Å². The fraction of sp³-hybridized carbons (Fsp3) is 0.938. The Balaban J connectivity index is 2.48. The molecule has 0 spiro atoms. The van der Waals surface area contributed by atoms with E-state index in [0.717, 1.165) is 70.6 Å². The lowest BCUT2D eigenvalue weighted by molar-refractivity contribution is -0.220. The Morgan fingerprint density at radius 3 is 1.32 bits per heavy atom. The molecule has 1 aliphatic carbocycles. The van der Waals surface area contributed by atoms with Gasteiger partial charge < -0.3 is 46.0 Å². The minimum atomic E-state index is -5.12. The van der Waals surface area contributed by atoms with Crippen LogP contribution in [0.15, 0.2) is 12.2 Å². The SMILES string of the molecule is CCCCCCCCCC/C=C\CCCCCCCC(O)CC(=O)NC(COP(=O)(O)OC1C(O)C(O)C(O)C(O)C1O)C(O)CCCCCCCCCCCCCCCCC. The maximum atomic E-state index is 13.0. The first-order valence-corrected chi connectivity index (χ1v) is 26.7. The number of unbranched alkanes of at least 4 members (excludes halogenated alkanes) is 27. The molecule has 9 N–H and O–H groups in total. The zero-order chi connectivity index (χ0) is 45.9. The molecule has 0 aromatic heterocycles. The predicted molar refractivity (Wildman–Crippen MR) is 247 cm³/mol. The molecule has 62 heavy (non-hydrogen) atoms. The van der Waals surface area contributed by atoms with Crippen molar-refractivity contribution in [2.24, 2.45) is 0 Å². The first kappa shape index (κ1) is 59.1. The van der Waals surface area contributed by atoms with Crippen molar-refractivity contribution >= 4 is 13.7 Å². The van der Waals surface area contributed by atoms with Crippen LogP contribution in [-0.2, 0) is 18.4 Å². The number of carbonyl (C=O) groups is 1. The van der Waals surface area contributed by atoms with Gasteiger partial charge in [-0.25, -0.2) is 4.57 Å². The quantitative estimate of drug-likeness (QED) is 0.0159. The van der Waals surface area contributed by atoms with Crippen molar-refractivity contribution in [2.45, 2.75) is 281 Å². The van der Waals surface area contributed by atoms with Gasteiger partial charge in [0, 0.05) is 0 Å². The van der Waals surface area contributed by atoms with E-state index < -0.39 is 75.2 Å². The zero-order valence-electron chi connectivity index (χ0n) is 39.1. The summed E-state index contributed by atoms with van der Waals surface area (Å²) in [7, 11) is -5.12. The minimum absolute atomic E-state index is 0.225. The smallest absolute Gasteiger partial charge is 0.393 e. The number of amides is 1. The predicted octanol–water partition coefficient (Wildman–Crippen LogP) is 8.98. The van der Waals surface area contributed by atoms with E-state index in [9.17, 15) is 50.0 Å². The number of nitrogens with one attached hydrogen (secondary N) is 1. The van der Waals surface area contributed by atoms with E-state index in [2.05, 4.69) is 31.3 Å². The normalized spacial score (nSPS) is 23.1. The van der Waals surface area contributed by atoms with Crippen molar-refractivity contribution in [1.29, 1.82) is 0 Å². The number of rotatable bonds is 42. The van der Waals surface area contributed by atoms with Gasteiger partial charge in [0.25, 0.3) is 0 Å². The Labute approximate surface area is 376 Å². The number of hydrogen-bond acceptors (Lipinski definition) is 11. The maximum Gasteiger partial charge on any atom is 0.472 e. The molecule has 1 amide bonds. The van der Waals surface area contributed by atoms with Crippen LogP contribution in [-0.4, -0.2) is 108 Å². The lowest BCUT2D eigenvalue weighted by atomic mass is 9.85. The summed E-state index contributed by atoms with van der Waals surface area (Å²) in [5.74, 6) is -0.563. The van der Waals surface area contributed by atoms with Crippen LogP contribution in [0.5, 0.6) is 0 Å². The summed E-state index contributed by atoms with van der Waals surface area (Å²) in [6.07, 6.45) is 26.8. The topological polar surface area (TPSA) is 226 Å². The van der Waals surface area contributed by atoms with Crippen LogP contribution >= 0.6 is 7.82 Å². The van der Waals surface area contributed by atoms with Crippen LogP contribution in [0, 0.1) is 0 Å². The first-order chi connectivity index (χ1) is 29.8. The zero-order valence-corrected chi connectivity index (χ0v) is 39.9. The van der Waals surface area contributed by atoms with E-state index in [1.807, 2.05) is 0 Å². The number of hydrogen-bond donors (Lipinski definition) is 9. The summed E-state index contributed by atoms with van der Waals surface area (Å²) in [5, 5.41) is 74.7.